The summed E-state index contributed by atoms with van der Waals surface area (Å²) in [6.45, 7) is 4.41. The van der Waals surface area contributed by atoms with Gasteiger partial charge in [0, 0.05) is 0 Å². The molecule has 0 spiro atoms. The molecule has 11 heavy (non-hydrogen) atoms. The van der Waals surface area contributed by atoms with Gasteiger partial charge in [0.05, 0.1) is 0 Å². The fourth-order valence-corrected chi connectivity index (χ4v) is 8.19. The molecule has 1 aromatic rings. The molecule has 0 radical (unpaired) electrons. The van der Waals surface area contributed by atoms with Gasteiger partial charge in [0.25, 0.3) is 0 Å². The molecule has 62 valence electrons. The van der Waals surface area contributed by atoms with Gasteiger partial charge < -0.3 is 0 Å². The SMILES string of the molecule is Cc1ccc(C)[n]1[Sn]([CH3])([CH3])[CH3]. The Kier molecular flexibility index (Phi) is 2.37. The van der Waals surface area contributed by atoms with Crippen molar-refractivity contribution in [1.82, 2.24) is 2.79 Å². The van der Waals surface area contributed by atoms with Crippen molar-refractivity contribution < 1.29 is 0 Å². The molecule has 1 nitrogen and oxygen atoms in total. The molecule has 0 saturated carbocycles. The Bertz CT molecular complexity index is 236. The van der Waals surface area contributed by atoms with Crippen LogP contribution in [0.5, 0.6) is 0 Å². The van der Waals surface area contributed by atoms with Gasteiger partial charge in [-0.15, -0.1) is 0 Å². The molecule has 0 aliphatic rings. The van der Waals surface area contributed by atoms with Crippen molar-refractivity contribution in [3.05, 3.63) is 23.5 Å². The first-order chi connectivity index (χ1) is 4.93. The van der Waals surface area contributed by atoms with Crippen molar-refractivity contribution in [2.24, 2.45) is 0 Å². The first-order valence-electron chi connectivity index (χ1n) is 4.08. The van der Waals surface area contributed by atoms with Gasteiger partial charge in [0.15, 0.2) is 0 Å². The van der Waals surface area contributed by atoms with Gasteiger partial charge in [0.2, 0.25) is 0 Å². The third kappa shape index (κ3) is 1.81. The Hall–Kier alpha value is 0.0787. The van der Waals surface area contributed by atoms with Crippen LogP contribution in [0.15, 0.2) is 12.1 Å². The minimum atomic E-state index is -1.86. The fraction of sp³-hybridized carbons (Fsp3) is 0.556. The van der Waals surface area contributed by atoms with E-state index in [0.29, 0.717) is 0 Å². The number of rotatable bonds is 1. The maximum atomic E-state index is 2.56. The van der Waals surface area contributed by atoms with E-state index < -0.39 is 18.7 Å². The predicted octanol–water partition coefficient (Wildman–Crippen LogP) is 2.79. The molecule has 1 heterocycles. The zero-order valence-corrected chi connectivity index (χ0v) is 11.0. The zero-order chi connectivity index (χ0) is 8.65. The van der Waals surface area contributed by atoms with E-state index in [-0.39, 0.29) is 0 Å². The molecular formula is C9H17NSn. The van der Waals surface area contributed by atoms with Crippen LogP contribution in [-0.2, 0) is 0 Å². The van der Waals surface area contributed by atoms with Gasteiger partial charge in [-0.3, -0.25) is 0 Å². The Morgan fingerprint density at radius 1 is 1.00 bits per heavy atom. The van der Waals surface area contributed by atoms with Crippen LogP contribution in [0.3, 0.4) is 0 Å². The van der Waals surface area contributed by atoms with E-state index in [1.54, 1.807) is 0 Å². The summed E-state index contributed by atoms with van der Waals surface area (Å²) in [6.07, 6.45) is 0. The molecule has 0 aliphatic carbocycles. The van der Waals surface area contributed by atoms with Crippen molar-refractivity contribution in [2.75, 3.05) is 0 Å². The minimum absolute atomic E-state index is 1.44. The van der Waals surface area contributed by atoms with Crippen LogP contribution < -0.4 is 0 Å². The molecule has 2 heteroatoms. The summed E-state index contributed by atoms with van der Waals surface area (Å²) in [5.74, 6) is 0. The second kappa shape index (κ2) is 2.85. The molecule has 0 bridgehead atoms. The van der Waals surface area contributed by atoms with Gasteiger partial charge in [-0.25, -0.2) is 0 Å². The molecule has 0 atom stereocenters. The molecule has 1 aromatic heterocycles. The van der Waals surface area contributed by atoms with Gasteiger partial charge in [-0.2, -0.15) is 0 Å². The maximum absolute atomic E-state index is 2.56. The zero-order valence-electron chi connectivity index (χ0n) is 8.10. The van der Waals surface area contributed by atoms with Crippen LogP contribution in [0.2, 0.25) is 14.8 Å². The number of nitrogens with zero attached hydrogens (tertiary/aromatic N) is 1. The van der Waals surface area contributed by atoms with E-state index in [1.165, 1.54) is 11.4 Å². The molecule has 0 aliphatic heterocycles. The average molecular weight is 258 g/mol. The summed E-state index contributed by atoms with van der Waals surface area (Å²) in [7, 11) is 0. The average Bonchev–Trinajstić information content (AvgIpc) is 2.08. The van der Waals surface area contributed by atoms with Crippen molar-refractivity contribution >= 4 is 18.7 Å². The van der Waals surface area contributed by atoms with Crippen LogP contribution in [0.1, 0.15) is 11.4 Å². The summed E-state index contributed by atoms with van der Waals surface area (Å²) in [5, 5.41) is 0. The Morgan fingerprint density at radius 3 is 1.55 bits per heavy atom. The van der Waals surface area contributed by atoms with E-state index in [0.717, 1.165) is 0 Å². The Labute approximate surface area is 73.6 Å². The second-order valence-electron chi connectivity index (χ2n) is 4.12. The molecule has 1 rings (SSSR count). The van der Waals surface area contributed by atoms with Crippen molar-refractivity contribution in [2.45, 2.75) is 28.7 Å². The van der Waals surface area contributed by atoms with E-state index in [4.69, 9.17) is 0 Å². The topological polar surface area (TPSA) is 4.93 Å². The molecule has 0 unspecified atom stereocenters. The molecule has 0 N–H and O–H groups in total. The number of hydrogen-bond acceptors (Lipinski definition) is 0. The quantitative estimate of drug-likeness (QED) is 0.682. The van der Waals surface area contributed by atoms with Crippen LogP contribution in [0.25, 0.3) is 0 Å². The monoisotopic (exact) mass is 259 g/mol. The van der Waals surface area contributed by atoms with E-state index in [2.05, 4.69) is 43.6 Å². The van der Waals surface area contributed by atoms with Crippen molar-refractivity contribution in [3.63, 3.8) is 0 Å². The molecule has 0 aromatic carbocycles. The molecule has 0 amide bonds. The van der Waals surface area contributed by atoms with Crippen molar-refractivity contribution in [1.29, 1.82) is 0 Å². The van der Waals surface area contributed by atoms with Gasteiger partial charge >= 0.3 is 73.6 Å². The van der Waals surface area contributed by atoms with E-state index >= 15 is 0 Å². The normalized spacial score (nSPS) is 12.1. The van der Waals surface area contributed by atoms with Crippen LogP contribution in [0.4, 0.5) is 0 Å². The Balaban J connectivity index is 3.21. The standard InChI is InChI=1S/C6H8N.3CH3.Sn/c1-5-3-4-6(2)7-5;;;;/h3-4H,1-2H3;3*1H3;/q-1;;;;+1. The first kappa shape index (κ1) is 9.17. The second-order valence-corrected chi connectivity index (χ2v) is 17.8. The third-order valence-electron chi connectivity index (χ3n) is 1.94. The first-order valence-corrected chi connectivity index (χ1v) is 13.9. The van der Waals surface area contributed by atoms with Gasteiger partial charge in [-0.1, -0.05) is 0 Å². The van der Waals surface area contributed by atoms with Crippen LogP contribution >= 0.6 is 0 Å². The summed E-state index contributed by atoms with van der Waals surface area (Å²) >= 11 is -1.86. The number of hydrogen-bond donors (Lipinski definition) is 0. The summed E-state index contributed by atoms with van der Waals surface area (Å²) < 4.78 is 2.56. The molecule has 0 fully saturated rings. The van der Waals surface area contributed by atoms with Crippen LogP contribution in [0, 0.1) is 13.8 Å². The van der Waals surface area contributed by atoms with E-state index in [1.807, 2.05) is 0 Å². The number of aryl methyl sites for hydroxylation is 2. The molecular weight excluding hydrogens is 241 g/mol. The van der Waals surface area contributed by atoms with E-state index in [9.17, 15) is 0 Å². The van der Waals surface area contributed by atoms with Gasteiger partial charge in [-0.05, 0) is 0 Å². The fourth-order valence-electron chi connectivity index (χ4n) is 1.73. The summed E-state index contributed by atoms with van der Waals surface area (Å²) in [5.41, 5.74) is 2.87. The van der Waals surface area contributed by atoms with Crippen LogP contribution in [-0.4, -0.2) is 21.4 Å². The number of aromatic nitrogens is 1. The van der Waals surface area contributed by atoms with Crippen molar-refractivity contribution in [3.8, 4) is 0 Å². The summed E-state index contributed by atoms with van der Waals surface area (Å²) in [6, 6.07) is 4.44. The summed E-state index contributed by atoms with van der Waals surface area (Å²) in [4.78, 5) is 7.32. The molecule has 0 saturated heterocycles. The predicted molar refractivity (Wildman–Crippen MR) is 52.7 cm³/mol. The third-order valence-corrected chi connectivity index (χ3v) is 7.78. The Morgan fingerprint density at radius 2 is 1.36 bits per heavy atom. The van der Waals surface area contributed by atoms with Gasteiger partial charge in [0.1, 0.15) is 0 Å².